The van der Waals surface area contributed by atoms with Crippen molar-refractivity contribution in [3.63, 3.8) is 0 Å². The van der Waals surface area contributed by atoms with Crippen molar-refractivity contribution in [2.24, 2.45) is 0 Å². The number of hydrogen-bond donors (Lipinski definition) is 2. The monoisotopic (exact) mass is 265 g/mol. The van der Waals surface area contributed by atoms with E-state index in [1.165, 1.54) is 12.8 Å². The molecule has 3 nitrogen and oxygen atoms in total. The molecular weight excluding hydrogens is 246 g/mol. The van der Waals surface area contributed by atoms with Crippen LogP contribution in [-0.4, -0.2) is 28.6 Å². The lowest BCUT2D eigenvalue weighted by Crippen LogP contribution is -2.27. The number of carbonyl (C=O) groups is 1. The standard InChI is InChI=1S/C14H19NO2S/c1-9-5-3-6-10(14(16)17)13(9)15-11-7-4-8-12(11)18-2/h3,5-6,11-12,15H,4,7-8H2,1-2H3,(H,16,17). The summed E-state index contributed by atoms with van der Waals surface area (Å²) in [6.07, 6.45) is 5.68. The molecule has 0 aliphatic heterocycles. The summed E-state index contributed by atoms with van der Waals surface area (Å²) in [5.41, 5.74) is 2.17. The summed E-state index contributed by atoms with van der Waals surface area (Å²) in [7, 11) is 0. The fourth-order valence-electron chi connectivity index (χ4n) is 2.60. The van der Waals surface area contributed by atoms with Crippen molar-refractivity contribution in [2.75, 3.05) is 11.6 Å². The summed E-state index contributed by atoms with van der Waals surface area (Å²) in [6, 6.07) is 5.81. The number of rotatable bonds is 4. The number of benzene rings is 1. The van der Waals surface area contributed by atoms with Gasteiger partial charge in [0.25, 0.3) is 0 Å². The third-order valence-corrected chi connectivity index (χ3v) is 4.76. The lowest BCUT2D eigenvalue weighted by molar-refractivity contribution is 0.0698. The van der Waals surface area contributed by atoms with E-state index >= 15 is 0 Å². The van der Waals surface area contributed by atoms with Crippen molar-refractivity contribution < 1.29 is 9.90 Å². The maximum atomic E-state index is 11.3. The Hall–Kier alpha value is -1.16. The first-order valence-corrected chi connectivity index (χ1v) is 7.54. The first kappa shape index (κ1) is 13.3. The molecule has 1 saturated carbocycles. The van der Waals surface area contributed by atoms with E-state index in [9.17, 15) is 9.90 Å². The van der Waals surface area contributed by atoms with Crippen LogP contribution in [-0.2, 0) is 0 Å². The molecule has 0 radical (unpaired) electrons. The lowest BCUT2D eigenvalue weighted by atomic mass is 10.1. The maximum absolute atomic E-state index is 11.3. The molecule has 0 amide bonds. The second-order valence-electron chi connectivity index (χ2n) is 4.76. The first-order chi connectivity index (χ1) is 8.63. The molecule has 0 heterocycles. The third-order valence-electron chi connectivity index (χ3n) is 3.59. The smallest absolute Gasteiger partial charge is 0.337 e. The largest absolute Gasteiger partial charge is 0.478 e. The highest BCUT2D eigenvalue weighted by molar-refractivity contribution is 7.99. The summed E-state index contributed by atoms with van der Waals surface area (Å²) in [5.74, 6) is -0.861. The van der Waals surface area contributed by atoms with E-state index in [0.29, 0.717) is 16.9 Å². The van der Waals surface area contributed by atoms with Crippen LogP contribution in [0.3, 0.4) is 0 Å². The molecule has 2 rings (SSSR count). The number of aryl methyl sites for hydroxylation is 1. The third kappa shape index (κ3) is 2.64. The summed E-state index contributed by atoms with van der Waals surface area (Å²) in [6.45, 7) is 1.96. The van der Waals surface area contributed by atoms with Crippen molar-refractivity contribution in [3.8, 4) is 0 Å². The summed E-state index contributed by atoms with van der Waals surface area (Å²) in [4.78, 5) is 11.3. The van der Waals surface area contributed by atoms with Gasteiger partial charge in [0.05, 0.1) is 11.3 Å². The van der Waals surface area contributed by atoms with E-state index in [0.717, 1.165) is 17.7 Å². The molecule has 98 valence electrons. The quantitative estimate of drug-likeness (QED) is 0.876. The van der Waals surface area contributed by atoms with Crippen LogP contribution in [0.2, 0.25) is 0 Å². The van der Waals surface area contributed by atoms with Gasteiger partial charge in [-0.1, -0.05) is 18.6 Å². The minimum Gasteiger partial charge on any atom is -0.478 e. The van der Waals surface area contributed by atoms with E-state index in [4.69, 9.17) is 0 Å². The van der Waals surface area contributed by atoms with Gasteiger partial charge in [-0.15, -0.1) is 0 Å². The van der Waals surface area contributed by atoms with Crippen molar-refractivity contribution >= 4 is 23.4 Å². The van der Waals surface area contributed by atoms with Gasteiger partial charge in [-0.05, 0) is 37.7 Å². The fourth-order valence-corrected chi connectivity index (χ4v) is 3.53. The zero-order valence-corrected chi connectivity index (χ0v) is 11.6. The lowest BCUT2D eigenvalue weighted by Gasteiger charge is -2.22. The Morgan fingerprint density at radius 1 is 1.44 bits per heavy atom. The second-order valence-corrected chi connectivity index (χ2v) is 5.84. The molecule has 1 aromatic rings. The number of hydrogen-bond acceptors (Lipinski definition) is 3. The number of para-hydroxylation sites is 1. The van der Waals surface area contributed by atoms with Gasteiger partial charge in [-0.25, -0.2) is 4.79 Å². The molecule has 2 N–H and O–H groups in total. The predicted octanol–water partition coefficient (Wildman–Crippen LogP) is 3.39. The van der Waals surface area contributed by atoms with Crippen LogP contribution in [0.15, 0.2) is 18.2 Å². The average Bonchev–Trinajstić information content (AvgIpc) is 2.78. The Bertz CT molecular complexity index is 447. The number of thioether (sulfide) groups is 1. The van der Waals surface area contributed by atoms with Crippen LogP contribution >= 0.6 is 11.8 Å². The van der Waals surface area contributed by atoms with Gasteiger partial charge < -0.3 is 10.4 Å². The fraction of sp³-hybridized carbons (Fsp3) is 0.500. The van der Waals surface area contributed by atoms with E-state index in [1.54, 1.807) is 12.1 Å². The van der Waals surface area contributed by atoms with E-state index in [1.807, 2.05) is 24.8 Å². The minimum absolute atomic E-state index is 0.377. The van der Waals surface area contributed by atoms with E-state index < -0.39 is 5.97 Å². The van der Waals surface area contributed by atoms with Crippen LogP contribution in [0.1, 0.15) is 35.2 Å². The molecule has 1 aliphatic rings. The Kier molecular flexibility index (Phi) is 4.17. The van der Waals surface area contributed by atoms with Gasteiger partial charge in [0.2, 0.25) is 0 Å². The highest BCUT2D eigenvalue weighted by Crippen LogP contribution is 2.32. The first-order valence-electron chi connectivity index (χ1n) is 6.25. The maximum Gasteiger partial charge on any atom is 0.337 e. The Labute approximate surface area is 112 Å². The number of aromatic carboxylic acids is 1. The topological polar surface area (TPSA) is 49.3 Å². The normalized spacial score (nSPS) is 23.0. The van der Waals surface area contributed by atoms with Crippen LogP contribution in [0.4, 0.5) is 5.69 Å². The van der Waals surface area contributed by atoms with Crippen molar-refractivity contribution in [3.05, 3.63) is 29.3 Å². The van der Waals surface area contributed by atoms with Gasteiger partial charge in [0.15, 0.2) is 0 Å². The molecule has 18 heavy (non-hydrogen) atoms. The van der Waals surface area contributed by atoms with Gasteiger partial charge in [-0.3, -0.25) is 0 Å². The summed E-state index contributed by atoms with van der Waals surface area (Å²) < 4.78 is 0. The van der Waals surface area contributed by atoms with Crippen LogP contribution in [0.25, 0.3) is 0 Å². The Morgan fingerprint density at radius 2 is 2.22 bits per heavy atom. The molecule has 1 aromatic carbocycles. The predicted molar refractivity (Wildman–Crippen MR) is 76.7 cm³/mol. The van der Waals surface area contributed by atoms with Crippen LogP contribution < -0.4 is 5.32 Å². The molecule has 0 aromatic heterocycles. The SMILES string of the molecule is CSC1CCCC1Nc1c(C)cccc1C(=O)O. The zero-order chi connectivity index (χ0) is 13.1. The number of carboxylic acids is 1. The van der Waals surface area contributed by atoms with E-state index in [-0.39, 0.29) is 0 Å². The van der Waals surface area contributed by atoms with Gasteiger partial charge >= 0.3 is 5.97 Å². The molecule has 0 saturated heterocycles. The van der Waals surface area contributed by atoms with E-state index in [2.05, 4.69) is 11.6 Å². The number of nitrogens with one attached hydrogen (secondary N) is 1. The highest BCUT2D eigenvalue weighted by atomic mass is 32.2. The molecule has 1 fully saturated rings. The summed E-state index contributed by atoms with van der Waals surface area (Å²) in [5, 5.41) is 13.3. The zero-order valence-electron chi connectivity index (χ0n) is 10.8. The highest BCUT2D eigenvalue weighted by Gasteiger charge is 2.27. The summed E-state index contributed by atoms with van der Waals surface area (Å²) >= 11 is 1.87. The van der Waals surface area contributed by atoms with Gasteiger partial charge in [0.1, 0.15) is 0 Å². The van der Waals surface area contributed by atoms with Crippen LogP contribution in [0.5, 0.6) is 0 Å². The van der Waals surface area contributed by atoms with Crippen molar-refractivity contribution in [2.45, 2.75) is 37.5 Å². The molecule has 2 atom stereocenters. The van der Waals surface area contributed by atoms with Gasteiger partial charge in [0, 0.05) is 11.3 Å². The molecule has 4 heteroatoms. The van der Waals surface area contributed by atoms with Crippen molar-refractivity contribution in [1.82, 2.24) is 0 Å². The molecule has 2 unspecified atom stereocenters. The number of anilines is 1. The van der Waals surface area contributed by atoms with Gasteiger partial charge in [-0.2, -0.15) is 11.8 Å². The molecule has 0 spiro atoms. The Balaban J connectivity index is 2.25. The molecule has 0 bridgehead atoms. The minimum atomic E-state index is -0.861. The van der Waals surface area contributed by atoms with Crippen molar-refractivity contribution in [1.29, 1.82) is 0 Å². The molecular formula is C14H19NO2S. The second kappa shape index (κ2) is 5.65. The van der Waals surface area contributed by atoms with Crippen LogP contribution in [0, 0.1) is 6.92 Å². The molecule has 1 aliphatic carbocycles. The Morgan fingerprint density at radius 3 is 2.89 bits per heavy atom. The number of carboxylic acid groups (broad SMARTS) is 1. The average molecular weight is 265 g/mol.